The van der Waals surface area contributed by atoms with Gasteiger partial charge in [0.05, 0.1) is 59.1 Å². The molecule has 0 bridgehead atoms. The molecule has 8 nitrogen and oxygen atoms in total. The maximum atomic E-state index is 13.2. The van der Waals surface area contributed by atoms with Gasteiger partial charge in [-0.05, 0) is 55.8 Å². The van der Waals surface area contributed by atoms with Crippen molar-refractivity contribution in [3.63, 3.8) is 0 Å². The molecule has 0 saturated carbocycles. The van der Waals surface area contributed by atoms with Crippen LogP contribution in [0.25, 0.3) is 5.70 Å². The smallest absolute Gasteiger partial charge is 0.337 e. The number of hydrogen-bond acceptors (Lipinski definition) is 8. The first-order valence-electron chi connectivity index (χ1n) is 12.1. The van der Waals surface area contributed by atoms with Gasteiger partial charge in [-0.25, -0.2) is 4.79 Å². The molecule has 38 heavy (non-hydrogen) atoms. The number of nitrogens with one attached hydrogen (secondary N) is 2. The SMILES string of the molecule is CCOC(=O)C1=C(c2ccccc2)NC(SCC(=O)Nc2ccc(OCC)cc2)=C(C#N)C1c1ccco1. The molecule has 0 saturated heterocycles. The molecule has 0 spiro atoms. The highest BCUT2D eigenvalue weighted by Gasteiger charge is 2.38. The van der Waals surface area contributed by atoms with Gasteiger partial charge in [-0.1, -0.05) is 42.1 Å². The largest absolute Gasteiger partial charge is 0.494 e. The Balaban J connectivity index is 1.65. The standard InChI is InChI=1S/C29H27N3O5S/c1-3-35-21-14-12-20(13-15-21)31-24(33)18-38-28-22(17-30)25(23-11-8-16-37-23)26(29(34)36-4-2)27(32-28)19-9-6-5-7-10-19/h5-16,25,32H,3-4,18H2,1-2H3,(H,31,33). The quantitative estimate of drug-likeness (QED) is 0.334. The van der Waals surface area contributed by atoms with Gasteiger partial charge in [-0.15, -0.1) is 0 Å². The summed E-state index contributed by atoms with van der Waals surface area (Å²) < 4.78 is 16.5. The van der Waals surface area contributed by atoms with Crippen LogP contribution >= 0.6 is 11.8 Å². The number of benzene rings is 2. The average Bonchev–Trinajstić information content (AvgIpc) is 3.47. The molecule has 2 aromatic carbocycles. The molecule has 1 aliphatic heterocycles. The second kappa shape index (κ2) is 12.7. The van der Waals surface area contributed by atoms with E-state index in [1.165, 1.54) is 18.0 Å². The number of dihydropyridines is 1. The van der Waals surface area contributed by atoms with Gasteiger partial charge in [0.25, 0.3) is 0 Å². The number of anilines is 1. The third kappa shape index (κ3) is 6.10. The molecule has 2 N–H and O–H groups in total. The first kappa shape index (κ1) is 26.6. The number of carbonyl (C=O) groups excluding carboxylic acids is 2. The normalized spacial score (nSPS) is 14.9. The number of allylic oxidation sites excluding steroid dienone is 1. The third-order valence-corrected chi connectivity index (χ3v) is 6.65. The van der Waals surface area contributed by atoms with Gasteiger partial charge in [0, 0.05) is 5.69 Å². The Morgan fingerprint density at radius 3 is 2.45 bits per heavy atom. The highest BCUT2D eigenvalue weighted by Crippen LogP contribution is 2.43. The lowest BCUT2D eigenvalue weighted by atomic mass is 9.84. The van der Waals surface area contributed by atoms with Gasteiger partial charge in [0.2, 0.25) is 5.91 Å². The maximum absolute atomic E-state index is 13.2. The first-order valence-corrected chi connectivity index (χ1v) is 13.1. The Kier molecular flexibility index (Phi) is 8.90. The molecule has 194 valence electrons. The minimum absolute atomic E-state index is 0.0302. The number of amides is 1. The minimum Gasteiger partial charge on any atom is -0.494 e. The van der Waals surface area contributed by atoms with Crippen molar-refractivity contribution in [2.24, 2.45) is 0 Å². The van der Waals surface area contributed by atoms with Crippen LogP contribution in [-0.2, 0) is 14.3 Å². The summed E-state index contributed by atoms with van der Waals surface area (Å²) in [5.41, 5.74) is 2.40. The van der Waals surface area contributed by atoms with Gasteiger partial charge in [0.1, 0.15) is 11.5 Å². The van der Waals surface area contributed by atoms with Crippen LogP contribution in [0.1, 0.15) is 31.1 Å². The number of carbonyl (C=O) groups is 2. The molecule has 9 heteroatoms. The van der Waals surface area contributed by atoms with Crippen LogP contribution in [0, 0.1) is 11.3 Å². The van der Waals surface area contributed by atoms with Gasteiger partial charge < -0.3 is 24.5 Å². The van der Waals surface area contributed by atoms with E-state index < -0.39 is 11.9 Å². The van der Waals surface area contributed by atoms with Gasteiger partial charge >= 0.3 is 5.97 Å². The molecular formula is C29H27N3O5S. The topological polar surface area (TPSA) is 114 Å². The number of ether oxygens (including phenoxy) is 2. The van der Waals surface area contributed by atoms with E-state index >= 15 is 0 Å². The Labute approximate surface area is 225 Å². The van der Waals surface area contributed by atoms with Crippen molar-refractivity contribution >= 4 is 35.0 Å². The van der Waals surface area contributed by atoms with Crippen molar-refractivity contribution in [2.75, 3.05) is 24.3 Å². The van der Waals surface area contributed by atoms with Crippen LogP contribution in [-0.4, -0.2) is 30.8 Å². The van der Waals surface area contributed by atoms with Crippen LogP contribution in [0.2, 0.25) is 0 Å². The molecule has 0 fully saturated rings. The highest BCUT2D eigenvalue weighted by atomic mass is 32.2. The predicted molar refractivity (Wildman–Crippen MR) is 146 cm³/mol. The van der Waals surface area contributed by atoms with E-state index in [0.717, 1.165) is 11.3 Å². The molecule has 1 unspecified atom stereocenters. The summed E-state index contributed by atoms with van der Waals surface area (Å²) in [7, 11) is 0. The van der Waals surface area contributed by atoms with Gasteiger partial charge in [0.15, 0.2) is 0 Å². The van der Waals surface area contributed by atoms with Crippen molar-refractivity contribution < 1.29 is 23.5 Å². The summed E-state index contributed by atoms with van der Waals surface area (Å²) in [5.74, 6) is -0.426. The number of nitriles is 1. The Hall–Kier alpha value is -4.42. The number of rotatable bonds is 10. The number of esters is 1. The summed E-state index contributed by atoms with van der Waals surface area (Å²) in [6, 6.07) is 22.1. The van der Waals surface area contributed by atoms with Crippen LogP contribution in [0.5, 0.6) is 5.75 Å². The predicted octanol–water partition coefficient (Wildman–Crippen LogP) is 5.45. The van der Waals surface area contributed by atoms with E-state index in [1.54, 1.807) is 43.3 Å². The van der Waals surface area contributed by atoms with Crippen LogP contribution in [0.15, 0.2) is 93.6 Å². The first-order chi connectivity index (χ1) is 18.5. The lowest BCUT2D eigenvalue weighted by Gasteiger charge is -2.29. The van der Waals surface area contributed by atoms with Crippen molar-refractivity contribution in [3.8, 4) is 11.8 Å². The summed E-state index contributed by atoms with van der Waals surface area (Å²) in [6.45, 7) is 4.36. The number of furan rings is 1. The fraction of sp³-hybridized carbons (Fsp3) is 0.207. The summed E-state index contributed by atoms with van der Waals surface area (Å²) in [6.07, 6.45) is 1.49. The molecule has 3 aromatic rings. The van der Waals surface area contributed by atoms with Crippen LogP contribution in [0.4, 0.5) is 5.69 Å². The van der Waals surface area contributed by atoms with Gasteiger partial charge in [-0.3, -0.25) is 4.79 Å². The van der Waals surface area contributed by atoms with E-state index in [4.69, 9.17) is 13.9 Å². The van der Waals surface area contributed by atoms with E-state index in [0.29, 0.717) is 28.8 Å². The minimum atomic E-state index is -0.804. The van der Waals surface area contributed by atoms with Crippen LogP contribution in [0.3, 0.4) is 0 Å². The van der Waals surface area contributed by atoms with Crippen molar-refractivity contribution in [3.05, 3.63) is 100 Å². The Morgan fingerprint density at radius 2 is 1.82 bits per heavy atom. The molecule has 1 aliphatic rings. The van der Waals surface area contributed by atoms with E-state index in [-0.39, 0.29) is 29.4 Å². The van der Waals surface area contributed by atoms with E-state index in [1.807, 2.05) is 37.3 Å². The van der Waals surface area contributed by atoms with E-state index in [9.17, 15) is 14.9 Å². The molecule has 1 atom stereocenters. The monoisotopic (exact) mass is 529 g/mol. The zero-order valence-electron chi connectivity index (χ0n) is 21.0. The molecule has 1 aromatic heterocycles. The fourth-order valence-corrected chi connectivity index (χ4v) is 4.88. The zero-order chi connectivity index (χ0) is 26.9. The second-order valence-electron chi connectivity index (χ2n) is 8.10. The molecule has 1 amide bonds. The lowest BCUT2D eigenvalue weighted by molar-refractivity contribution is -0.138. The number of thioether (sulfide) groups is 1. The fourth-order valence-electron chi connectivity index (χ4n) is 4.03. The van der Waals surface area contributed by atoms with Crippen LogP contribution < -0.4 is 15.4 Å². The molecule has 0 aliphatic carbocycles. The lowest BCUT2D eigenvalue weighted by Crippen LogP contribution is -2.29. The molecular weight excluding hydrogens is 502 g/mol. The summed E-state index contributed by atoms with van der Waals surface area (Å²) >= 11 is 1.18. The number of hydrogen-bond donors (Lipinski definition) is 2. The Morgan fingerprint density at radius 1 is 1.05 bits per heavy atom. The summed E-state index contributed by atoms with van der Waals surface area (Å²) in [4.78, 5) is 26.0. The van der Waals surface area contributed by atoms with Crippen molar-refractivity contribution in [1.29, 1.82) is 5.26 Å². The third-order valence-electron chi connectivity index (χ3n) is 5.63. The molecule has 2 heterocycles. The molecule has 0 radical (unpaired) electrons. The molecule has 4 rings (SSSR count). The van der Waals surface area contributed by atoms with E-state index in [2.05, 4.69) is 16.7 Å². The van der Waals surface area contributed by atoms with Crippen molar-refractivity contribution in [1.82, 2.24) is 5.32 Å². The zero-order valence-corrected chi connectivity index (χ0v) is 21.8. The Bertz CT molecular complexity index is 1370. The van der Waals surface area contributed by atoms with Crippen molar-refractivity contribution in [2.45, 2.75) is 19.8 Å². The average molecular weight is 530 g/mol. The second-order valence-corrected chi connectivity index (χ2v) is 9.08. The number of nitrogens with zero attached hydrogens (tertiary/aromatic N) is 1. The maximum Gasteiger partial charge on any atom is 0.337 e. The highest BCUT2D eigenvalue weighted by molar-refractivity contribution is 8.03. The van der Waals surface area contributed by atoms with Gasteiger partial charge in [-0.2, -0.15) is 5.26 Å². The summed E-state index contributed by atoms with van der Waals surface area (Å²) in [5, 5.41) is 16.8.